The molecule has 0 fully saturated rings. The fourth-order valence-corrected chi connectivity index (χ4v) is 5.91. The summed E-state index contributed by atoms with van der Waals surface area (Å²) in [4.78, 5) is 0.190. The number of sulfone groups is 2. The zero-order valence-corrected chi connectivity index (χ0v) is 21.5. The second-order valence-electron chi connectivity index (χ2n) is 8.21. The lowest BCUT2D eigenvalue weighted by Crippen LogP contribution is -2.25. The molecule has 198 valence electrons. The van der Waals surface area contributed by atoms with Crippen molar-refractivity contribution in [3.63, 3.8) is 0 Å². The Bertz CT molecular complexity index is 1460. The van der Waals surface area contributed by atoms with Gasteiger partial charge in [-0.25, -0.2) is 16.8 Å². The first-order valence-corrected chi connectivity index (χ1v) is 14.2. The summed E-state index contributed by atoms with van der Waals surface area (Å²) in [6.45, 7) is -0.255. The topological polar surface area (TPSA) is 147 Å². The molecule has 4 aromatic carbocycles. The normalized spacial score (nSPS) is 11.8. The van der Waals surface area contributed by atoms with Gasteiger partial charge in [-0.15, -0.1) is 0 Å². The average molecular weight is 557 g/mol. The molecule has 0 bridgehead atoms. The van der Waals surface area contributed by atoms with Crippen molar-refractivity contribution in [2.24, 2.45) is 0 Å². The summed E-state index contributed by atoms with van der Waals surface area (Å²) in [7, 11) is -7.51. The fraction of sp³-hybridized carbons (Fsp3) is 0.111. The molecule has 0 saturated heterocycles. The van der Waals surface area contributed by atoms with Crippen molar-refractivity contribution >= 4 is 19.7 Å². The van der Waals surface area contributed by atoms with Gasteiger partial charge in [0, 0.05) is 0 Å². The van der Waals surface area contributed by atoms with Crippen LogP contribution in [0.25, 0.3) is 0 Å². The molecule has 0 amide bonds. The lowest BCUT2D eigenvalue weighted by molar-refractivity contribution is 0.0626. The van der Waals surface area contributed by atoms with E-state index in [-0.39, 0.29) is 44.3 Å². The van der Waals surface area contributed by atoms with Crippen LogP contribution in [0.1, 0.15) is 0 Å². The second kappa shape index (κ2) is 11.1. The minimum atomic E-state index is -3.76. The zero-order valence-electron chi connectivity index (χ0n) is 19.8. The zero-order chi connectivity index (χ0) is 27.3. The van der Waals surface area contributed by atoms with Crippen LogP contribution in [0.5, 0.6) is 23.0 Å². The van der Waals surface area contributed by atoms with Crippen LogP contribution < -0.4 is 9.47 Å². The van der Waals surface area contributed by atoms with Gasteiger partial charge in [-0.1, -0.05) is 0 Å². The van der Waals surface area contributed by atoms with E-state index in [2.05, 4.69) is 0 Å². The van der Waals surface area contributed by atoms with Gasteiger partial charge in [-0.2, -0.15) is 0 Å². The molecule has 4 rings (SSSR count). The molecule has 0 spiro atoms. The van der Waals surface area contributed by atoms with Crippen molar-refractivity contribution < 1.29 is 41.6 Å². The molecule has 11 heteroatoms. The fourth-order valence-electron chi connectivity index (χ4n) is 3.39. The molecule has 0 atom stereocenters. The summed E-state index contributed by atoms with van der Waals surface area (Å²) in [5, 5.41) is 28.9. The van der Waals surface area contributed by atoms with E-state index in [9.17, 15) is 32.2 Å². The summed E-state index contributed by atoms with van der Waals surface area (Å²) < 4.78 is 61.7. The first kappa shape index (κ1) is 27.0. The van der Waals surface area contributed by atoms with Gasteiger partial charge < -0.3 is 24.8 Å². The molecule has 0 aromatic heterocycles. The van der Waals surface area contributed by atoms with E-state index in [1.165, 1.54) is 97.1 Å². The number of phenols is 2. The van der Waals surface area contributed by atoms with Crippen molar-refractivity contribution in [3.8, 4) is 23.0 Å². The Labute approximate surface area is 220 Å². The minimum Gasteiger partial charge on any atom is -0.508 e. The van der Waals surface area contributed by atoms with Gasteiger partial charge in [0.25, 0.3) is 0 Å². The molecule has 4 aromatic rings. The molecule has 3 N–H and O–H groups in total. The molecular weight excluding hydrogens is 532 g/mol. The molecular formula is C27H24O9S2. The monoisotopic (exact) mass is 556 g/mol. The van der Waals surface area contributed by atoms with Crippen molar-refractivity contribution in [2.45, 2.75) is 25.7 Å². The van der Waals surface area contributed by atoms with Crippen LogP contribution in [0.3, 0.4) is 0 Å². The Morgan fingerprint density at radius 1 is 0.500 bits per heavy atom. The van der Waals surface area contributed by atoms with Gasteiger partial charge in [0.2, 0.25) is 19.7 Å². The highest BCUT2D eigenvalue weighted by Gasteiger charge is 2.19. The number of hydrogen-bond donors (Lipinski definition) is 3. The van der Waals surface area contributed by atoms with Crippen LogP contribution in [-0.4, -0.2) is 51.5 Å². The Hall–Kier alpha value is -4.06. The summed E-state index contributed by atoms with van der Waals surface area (Å²) in [6, 6.07) is 21.8. The number of phenolic OH excluding ortho intramolecular Hbond substituents is 2. The maximum absolute atomic E-state index is 12.7. The molecule has 38 heavy (non-hydrogen) atoms. The highest BCUT2D eigenvalue weighted by molar-refractivity contribution is 7.91. The number of aliphatic hydroxyl groups excluding tert-OH is 1. The summed E-state index contributed by atoms with van der Waals surface area (Å²) in [6.07, 6.45) is -1.02. The number of rotatable bonds is 10. The van der Waals surface area contributed by atoms with Crippen molar-refractivity contribution in [1.29, 1.82) is 0 Å². The van der Waals surface area contributed by atoms with E-state index in [1.807, 2.05) is 0 Å². The Morgan fingerprint density at radius 2 is 0.763 bits per heavy atom. The van der Waals surface area contributed by atoms with Crippen LogP contribution in [0, 0.1) is 0 Å². The lowest BCUT2D eigenvalue weighted by atomic mass is 10.3. The summed E-state index contributed by atoms with van der Waals surface area (Å²) in [5.41, 5.74) is 0. The third kappa shape index (κ3) is 6.25. The third-order valence-corrected chi connectivity index (χ3v) is 9.02. The maximum atomic E-state index is 12.7. The van der Waals surface area contributed by atoms with Crippen LogP contribution in [0.15, 0.2) is 117 Å². The largest absolute Gasteiger partial charge is 0.508 e. The molecule has 0 radical (unpaired) electrons. The number of benzene rings is 4. The van der Waals surface area contributed by atoms with Gasteiger partial charge >= 0.3 is 0 Å². The standard InChI is InChI=1S/C27H24O9S2/c28-19-1-9-24(10-2-19)37(31,32)26-13-5-22(6-14-26)35-17-21(30)18-36-23-7-15-27(16-8-23)38(33,34)25-11-3-20(29)4-12-25/h1-16,21,28-30H,17-18H2. The van der Waals surface area contributed by atoms with Crippen molar-refractivity contribution in [1.82, 2.24) is 0 Å². The number of aliphatic hydroxyl groups is 1. The van der Waals surface area contributed by atoms with Crippen LogP contribution in [0.4, 0.5) is 0 Å². The molecule has 0 unspecified atom stereocenters. The SMILES string of the molecule is O=S(=O)(c1ccc(O)cc1)c1ccc(OCC(O)COc2ccc(S(=O)(=O)c3ccc(O)cc3)cc2)cc1. The van der Waals surface area contributed by atoms with Gasteiger partial charge in [0.1, 0.15) is 42.3 Å². The molecule has 9 nitrogen and oxygen atoms in total. The van der Waals surface area contributed by atoms with E-state index in [1.54, 1.807) is 0 Å². The van der Waals surface area contributed by atoms with Gasteiger partial charge in [-0.05, 0) is 97.1 Å². The van der Waals surface area contributed by atoms with Crippen molar-refractivity contribution in [3.05, 3.63) is 97.1 Å². The Kier molecular flexibility index (Phi) is 7.91. The van der Waals surface area contributed by atoms with E-state index >= 15 is 0 Å². The third-order valence-electron chi connectivity index (χ3n) is 5.45. The van der Waals surface area contributed by atoms with E-state index in [4.69, 9.17) is 9.47 Å². The summed E-state index contributed by atoms with van der Waals surface area (Å²) in [5.74, 6) is 0.617. The lowest BCUT2D eigenvalue weighted by Gasteiger charge is -2.14. The first-order valence-electron chi connectivity index (χ1n) is 11.3. The van der Waals surface area contributed by atoms with Gasteiger partial charge in [0.05, 0.1) is 19.6 Å². The van der Waals surface area contributed by atoms with Crippen LogP contribution >= 0.6 is 0 Å². The predicted molar refractivity (Wildman–Crippen MR) is 137 cm³/mol. The quantitative estimate of drug-likeness (QED) is 0.267. The predicted octanol–water partition coefficient (Wildman–Crippen LogP) is 3.58. The molecule has 0 aliphatic rings. The molecule has 0 aliphatic heterocycles. The number of ether oxygens (including phenoxy) is 2. The van der Waals surface area contributed by atoms with Gasteiger partial charge in [-0.3, -0.25) is 0 Å². The minimum absolute atomic E-state index is 0.0363. The van der Waals surface area contributed by atoms with Crippen LogP contribution in [0.2, 0.25) is 0 Å². The number of aromatic hydroxyl groups is 2. The number of hydrogen-bond acceptors (Lipinski definition) is 9. The smallest absolute Gasteiger partial charge is 0.206 e. The van der Waals surface area contributed by atoms with E-state index in [0.717, 1.165) is 0 Å². The van der Waals surface area contributed by atoms with E-state index < -0.39 is 25.8 Å². The first-order chi connectivity index (χ1) is 18.1. The second-order valence-corrected chi connectivity index (χ2v) is 12.1. The highest BCUT2D eigenvalue weighted by atomic mass is 32.2. The van der Waals surface area contributed by atoms with Crippen molar-refractivity contribution in [2.75, 3.05) is 13.2 Å². The maximum Gasteiger partial charge on any atom is 0.206 e. The summed E-state index contributed by atoms with van der Waals surface area (Å²) >= 11 is 0. The van der Waals surface area contributed by atoms with Crippen LogP contribution in [-0.2, 0) is 19.7 Å². The molecule has 0 heterocycles. The highest BCUT2D eigenvalue weighted by Crippen LogP contribution is 2.26. The van der Waals surface area contributed by atoms with Gasteiger partial charge in [0.15, 0.2) is 0 Å². The van der Waals surface area contributed by atoms with E-state index in [0.29, 0.717) is 11.5 Å². The molecule has 0 saturated carbocycles. The Balaban J connectivity index is 1.29. The Morgan fingerprint density at radius 3 is 1.05 bits per heavy atom. The molecule has 0 aliphatic carbocycles. The average Bonchev–Trinajstić information content (AvgIpc) is 2.91.